The Balaban J connectivity index is 2.94. The summed E-state index contributed by atoms with van der Waals surface area (Å²) in [6.45, 7) is 4.26. The first kappa shape index (κ1) is 16.8. The number of aliphatic hydroxyl groups excluding tert-OH is 1. The van der Waals surface area contributed by atoms with E-state index in [-0.39, 0.29) is 5.91 Å². The lowest BCUT2D eigenvalue weighted by Gasteiger charge is -2.43. The van der Waals surface area contributed by atoms with E-state index in [1.165, 1.54) is 21.0 Å². The highest BCUT2D eigenvalue weighted by Gasteiger charge is 2.46. The Kier molecular flexibility index (Phi) is 5.88. The summed E-state index contributed by atoms with van der Waals surface area (Å²) in [6.07, 6.45) is -4.60. The van der Waals surface area contributed by atoms with Crippen molar-refractivity contribution in [1.29, 1.82) is 0 Å². The maximum absolute atomic E-state index is 11.3. The molecule has 1 fully saturated rings. The second kappa shape index (κ2) is 6.98. The lowest BCUT2D eigenvalue weighted by atomic mass is 9.97. The van der Waals surface area contributed by atoms with Crippen LogP contribution in [0.5, 0.6) is 0 Å². The highest BCUT2D eigenvalue weighted by atomic mass is 16.7. The number of hydrogen-bond donors (Lipinski definition) is 3. The van der Waals surface area contributed by atoms with Crippen LogP contribution in [0, 0.1) is 0 Å². The maximum atomic E-state index is 11.3. The van der Waals surface area contributed by atoms with Crippen molar-refractivity contribution in [3.05, 3.63) is 0 Å². The van der Waals surface area contributed by atoms with Crippen molar-refractivity contribution in [2.24, 2.45) is 0 Å². The molecule has 20 heavy (non-hydrogen) atoms. The minimum Gasteiger partial charge on any atom is -0.479 e. The lowest BCUT2D eigenvalue weighted by molar-refractivity contribution is -0.265. The summed E-state index contributed by atoms with van der Waals surface area (Å²) in [5, 5.41) is 21.6. The zero-order valence-corrected chi connectivity index (χ0v) is 11.9. The van der Waals surface area contributed by atoms with Crippen LogP contribution in [-0.4, -0.2) is 65.9 Å². The van der Waals surface area contributed by atoms with Gasteiger partial charge in [-0.25, -0.2) is 4.79 Å². The molecular formula is C12H21NO7. The molecule has 5 unspecified atom stereocenters. The van der Waals surface area contributed by atoms with E-state index < -0.39 is 42.7 Å². The SMILES string of the molecule is COC1OC(C)C(O)C(O[C@H](C)C(=O)O)C1NC(C)=O. The minimum atomic E-state index is -1.16. The van der Waals surface area contributed by atoms with Gasteiger partial charge >= 0.3 is 5.97 Å². The van der Waals surface area contributed by atoms with Crippen LogP contribution < -0.4 is 5.32 Å². The fourth-order valence-electron chi connectivity index (χ4n) is 2.06. The first-order valence-corrected chi connectivity index (χ1v) is 6.29. The summed E-state index contributed by atoms with van der Waals surface area (Å²) in [7, 11) is 1.39. The molecule has 8 nitrogen and oxygen atoms in total. The monoisotopic (exact) mass is 291 g/mol. The highest BCUT2D eigenvalue weighted by Crippen LogP contribution is 2.25. The van der Waals surface area contributed by atoms with Crippen LogP contribution in [-0.2, 0) is 23.8 Å². The minimum absolute atomic E-state index is 0.362. The van der Waals surface area contributed by atoms with Crippen molar-refractivity contribution in [1.82, 2.24) is 5.32 Å². The van der Waals surface area contributed by atoms with Crippen LogP contribution in [0.1, 0.15) is 20.8 Å². The largest absolute Gasteiger partial charge is 0.479 e. The summed E-state index contributed by atoms with van der Waals surface area (Å²) in [5.74, 6) is -1.52. The molecule has 0 spiro atoms. The van der Waals surface area contributed by atoms with Crippen molar-refractivity contribution >= 4 is 11.9 Å². The quantitative estimate of drug-likeness (QED) is 0.601. The normalized spacial score (nSPS) is 35.4. The Morgan fingerprint density at radius 3 is 2.45 bits per heavy atom. The standard InChI is InChI=1S/C12H21NO7/c1-5-9(15)10(19-6(2)11(16)17)8(13-7(3)14)12(18-4)20-5/h5-6,8-10,12,15H,1-4H3,(H,13,14)(H,16,17)/t5?,6-,8?,9?,10?,12?/m1/s1. The first-order chi connectivity index (χ1) is 9.27. The lowest BCUT2D eigenvalue weighted by Crippen LogP contribution is -2.64. The number of carboxylic acid groups (broad SMARTS) is 1. The number of aliphatic hydroxyl groups is 1. The third kappa shape index (κ3) is 3.89. The number of aliphatic carboxylic acids is 1. The molecule has 1 saturated heterocycles. The van der Waals surface area contributed by atoms with Gasteiger partial charge in [0.05, 0.1) is 6.10 Å². The molecule has 1 amide bonds. The van der Waals surface area contributed by atoms with Gasteiger partial charge in [-0.2, -0.15) is 0 Å². The summed E-state index contributed by atoms with van der Waals surface area (Å²) in [6, 6.07) is -0.800. The first-order valence-electron chi connectivity index (χ1n) is 6.29. The molecule has 3 N–H and O–H groups in total. The van der Waals surface area contributed by atoms with E-state index in [0.717, 1.165) is 0 Å². The van der Waals surface area contributed by atoms with Crippen molar-refractivity contribution in [3.8, 4) is 0 Å². The average Bonchev–Trinajstić information content (AvgIpc) is 2.36. The van der Waals surface area contributed by atoms with Crippen LogP contribution in [0.4, 0.5) is 0 Å². The number of carbonyl (C=O) groups is 2. The number of carboxylic acids is 1. The van der Waals surface area contributed by atoms with Crippen molar-refractivity contribution in [2.75, 3.05) is 7.11 Å². The van der Waals surface area contributed by atoms with Crippen LogP contribution in [0.3, 0.4) is 0 Å². The summed E-state index contributed by atoms with van der Waals surface area (Å²) in [5.41, 5.74) is 0. The number of rotatable bonds is 5. The molecule has 0 saturated carbocycles. The van der Waals surface area contributed by atoms with Crippen LogP contribution >= 0.6 is 0 Å². The molecule has 1 aliphatic heterocycles. The predicted molar refractivity (Wildman–Crippen MR) is 66.9 cm³/mol. The second-order valence-electron chi connectivity index (χ2n) is 4.74. The fourth-order valence-corrected chi connectivity index (χ4v) is 2.06. The Bertz CT molecular complexity index is 362. The van der Waals surface area contributed by atoms with E-state index in [4.69, 9.17) is 19.3 Å². The number of ether oxygens (including phenoxy) is 3. The van der Waals surface area contributed by atoms with Gasteiger partial charge in [0, 0.05) is 14.0 Å². The van der Waals surface area contributed by atoms with E-state index in [1.54, 1.807) is 6.92 Å². The van der Waals surface area contributed by atoms with E-state index in [9.17, 15) is 14.7 Å². The molecule has 1 rings (SSSR count). The summed E-state index contributed by atoms with van der Waals surface area (Å²) >= 11 is 0. The number of amides is 1. The van der Waals surface area contributed by atoms with Gasteiger partial charge in [0.2, 0.25) is 5.91 Å². The van der Waals surface area contributed by atoms with E-state index >= 15 is 0 Å². The topological polar surface area (TPSA) is 114 Å². The molecule has 0 radical (unpaired) electrons. The van der Waals surface area contributed by atoms with Gasteiger partial charge in [-0.05, 0) is 13.8 Å². The van der Waals surface area contributed by atoms with Gasteiger partial charge in [0.25, 0.3) is 0 Å². The number of nitrogens with one attached hydrogen (secondary N) is 1. The van der Waals surface area contributed by atoms with Crippen molar-refractivity contribution in [3.63, 3.8) is 0 Å². The van der Waals surface area contributed by atoms with E-state index in [2.05, 4.69) is 5.32 Å². The molecule has 1 aliphatic rings. The molecule has 0 aromatic carbocycles. The molecule has 0 aliphatic carbocycles. The van der Waals surface area contributed by atoms with Gasteiger partial charge in [-0.1, -0.05) is 0 Å². The highest BCUT2D eigenvalue weighted by molar-refractivity contribution is 5.73. The second-order valence-corrected chi connectivity index (χ2v) is 4.74. The predicted octanol–water partition coefficient (Wildman–Crippen LogP) is -0.898. The van der Waals surface area contributed by atoms with Crippen LogP contribution in [0.2, 0.25) is 0 Å². The zero-order valence-electron chi connectivity index (χ0n) is 11.9. The molecular weight excluding hydrogens is 270 g/mol. The Hall–Kier alpha value is -1.22. The van der Waals surface area contributed by atoms with Gasteiger partial charge in [0.15, 0.2) is 12.4 Å². The molecule has 8 heteroatoms. The summed E-state index contributed by atoms with van der Waals surface area (Å²) < 4.78 is 15.9. The Morgan fingerprint density at radius 2 is 2.00 bits per heavy atom. The third-order valence-electron chi connectivity index (χ3n) is 3.12. The van der Waals surface area contributed by atoms with Gasteiger partial charge in [0.1, 0.15) is 18.2 Å². The Morgan fingerprint density at radius 1 is 1.40 bits per heavy atom. The maximum Gasteiger partial charge on any atom is 0.332 e. The Labute approximate surface area is 117 Å². The van der Waals surface area contributed by atoms with Gasteiger partial charge in [-0.15, -0.1) is 0 Å². The number of carbonyl (C=O) groups excluding carboxylic acids is 1. The van der Waals surface area contributed by atoms with Crippen molar-refractivity contribution in [2.45, 2.75) is 57.5 Å². The van der Waals surface area contributed by atoms with Gasteiger partial charge < -0.3 is 29.7 Å². The third-order valence-corrected chi connectivity index (χ3v) is 3.12. The summed E-state index contributed by atoms with van der Waals surface area (Å²) in [4.78, 5) is 22.1. The number of methoxy groups -OCH3 is 1. The molecule has 0 aromatic rings. The van der Waals surface area contributed by atoms with Crippen LogP contribution in [0.25, 0.3) is 0 Å². The zero-order chi connectivity index (χ0) is 15.4. The van der Waals surface area contributed by atoms with E-state index in [0.29, 0.717) is 0 Å². The fraction of sp³-hybridized carbons (Fsp3) is 0.833. The molecule has 116 valence electrons. The van der Waals surface area contributed by atoms with Gasteiger partial charge in [-0.3, -0.25) is 4.79 Å². The molecule has 6 atom stereocenters. The van der Waals surface area contributed by atoms with E-state index in [1.807, 2.05) is 0 Å². The number of hydrogen-bond acceptors (Lipinski definition) is 6. The molecule has 1 heterocycles. The van der Waals surface area contributed by atoms with Crippen LogP contribution in [0.15, 0.2) is 0 Å². The van der Waals surface area contributed by atoms with Crippen molar-refractivity contribution < 1.29 is 34.0 Å². The molecule has 0 aromatic heterocycles. The molecule has 0 bridgehead atoms. The average molecular weight is 291 g/mol. The smallest absolute Gasteiger partial charge is 0.332 e.